The van der Waals surface area contributed by atoms with Crippen molar-refractivity contribution in [2.75, 3.05) is 13.7 Å². The Morgan fingerprint density at radius 1 is 1.28 bits per heavy atom. The summed E-state index contributed by atoms with van der Waals surface area (Å²) in [5, 5.41) is 6.25. The molecule has 0 saturated carbocycles. The van der Waals surface area contributed by atoms with Gasteiger partial charge in [-0.15, -0.1) is 0 Å². The third kappa shape index (κ3) is 7.00. The zero-order chi connectivity index (χ0) is 22.1. The molecule has 160 valence electrons. The van der Waals surface area contributed by atoms with Crippen LogP contribution in [0.4, 0.5) is 0 Å². The van der Waals surface area contributed by atoms with Crippen LogP contribution in [-0.4, -0.2) is 61.8 Å². The maximum absolute atomic E-state index is 12.0. The molecule has 29 heavy (non-hydrogen) atoms. The van der Waals surface area contributed by atoms with Gasteiger partial charge in [0.05, 0.1) is 19.2 Å². The third-order valence-corrected chi connectivity index (χ3v) is 4.12. The third-order valence-electron chi connectivity index (χ3n) is 4.12. The average Bonchev–Trinajstić information content (AvgIpc) is 2.64. The van der Waals surface area contributed by atoms with E-state index in [4.69, 9.17) is 19.7 Å². The molecule has 1 aliphatic heterocycles. The first-order valence-electron chi connectivity index (χ1n) is 8.69. The summed E-state index contributed by atoms with van der Waals surface area (Å²) >= 11 is 0. The molecular formula is C17H24N4O8. The number of nitrogens with zero attached hydrogens (tertiary/aromatic N) is 3. The van der Waals surface area contributed by atoms with Crippen molar-refractivity contribution in [3.05, 3.63) is 22.3 Å². The van der Waals surface area contributed by atoms with Crippen molar-refractivity contribution in [3.8, 4) is 0 Å². The number of methoxy groups -OCH3 is 1. The highest BCUT2D eigenvalue weighted by Gasteiger charge is 2.43. The molecular weight excluding hydrogens is 388 g/mol. The number of hydrogen-bond donors (Lipinski definition) is 1. The summed E-state index contributed by atoms with van der Waals surface area (Å²) in [6, 6.07) is -1.87. The van der Waals surface area contributed by atoms with Crippen LogP contribution in [0.1, 0.15) is 27.7 Å². The number of amides is 1. The summed E-state index contributed by atoms with van der Waals surface area (Å²) in [6.07, 6.45) is -0.697. The Hall–Kier alpha value is -3.27. The number of carbonyl (C=O) groups is 4. The number of carbonyl (C=O) groups excluding carboxylic acids is 4. The van der Waals surface area contributed by atoms with E-state index in [0.29, 0.717) is 0 Å². The molecule has 1 aliphatic rings. The maximum atomic E-state index is 12.0. The lowest BCUT2D eigenvalue weighted by Gasteiger charge is -2.40. The highest BCUT2D eigenvalue weighted by molar-refractivity contribution is 5.86. The molecule has 0 fully saturated rings. The highest BCUT2D eigenvalue weighted by atomic mass is 16.6. The van der Waals surface area contributed by atoms with Crippen LogP contribution in [0.25, 0.3) is 10.4 Å². The van der Waals surface area contributed by atoms with Crippen LogP contribution in [-0.2, 0) is 38.1 Å². The largest absolute Gasteiger partial charge is 0.481 e. The van der Waals surface area contributed by atoms with Crippen molar-refractivity contribution >= 4 is 23.8 Å². The normalized spacial score (nSPS) is 22.5. The van der Waals surface area contributed by atoms with Gasteiger partial charge < -0.3 is 24.3 Å². The molecule has 5 atom stereocenters. The molecule has 0 unspecified atom stereocenters. The van der Waals surface area contributed by atoms with Crippen molar-refractivity contribution < 1.29 is 38.1 Å². The molecule has 0 aliphatic carbocycles. The fraction of sp³-hybridized carbons (Fsp3) is 0.647. The molecule has 0 aromatic heterocycles. The summed E-state index contributed by atoms with van der Waals surface area (Å²) in [5.41, 5.74) is 8.88. The molecule has 12 heteroatoms. The van der Waals surface area contributed by atoms with Gasteiger partial charge in [-0.1, -0.05) is 12.0 Å². The molecule has 1 amide bonds. The van der Waals surface area contributed by atoms with E-state index < -0.39 is 54.0 Å². The van der Waals surface area contributed by atoms with Crippen molar-refractivity contribution in [2.24, 2.45) is 11.0 Å². The fourth-order valence-corrected chi connectivity index (χ4v) is 2.85. The van der Waals surface area contributed by atoms with Gasteiger partial charge in [0.15, 0.2) is 0 Å². The van der Waals surface area contributed by atoms with E-state index in [1.807, 2.05) is 0 Å². The zero-order valence-corrected chi connectivity index (χ0v) is 16.8. The predicted octanol–water partition coefficient (Wildman–Crippen LogP) is 0.757. The Morgan fingerprint density at radius 3 is 2.41 bits per heavy atom. The van der Waals surface area contributed by atoms with E-state index in [-0.39, 0.29) is 12.4 Å². The van der Waals surface area contributed by atoms with Crippen molar-refractivity contribution in [1.29, 1.82) is 0 Å². The van der Waals surface area contributed by atoms with Crippen LogP contribution in [0.15, 0.2) is 16.9 Å². The van der Waals surface area contributed by atoms with Gasteiger partial charge in [0.1, 0.15) is 18.8 Å². The van der Waals surface area contributed by atoms with E-state index in [0.717, 1.165) is 7.11 Å². The highest BCUT2D eigenvalue weighted by Crippen LogP contribution is 2.29. The lowest BCUT2D eigenvalue weighted by molar-refractivity contribution is -0.165. The summed E-state index contributed by atoms with van der Waals surface area (Å²) < 4.78 is 20.6. The second kappa shape index (κ2) is 10.9. The van der Waals surface area contributed by atoms with Gasteiger partial charge in [0.2, 0.25) is 11.7 Å². The molecule has 0 bridgehead atoms. The smallest absolute Gasteiger partial charge is 0.372 e. The van der Waals surface area contributed by atoms with Crippen LogP contribution in [0, 0.1) is 5.92 Å². The van der Waals surface area contributed by atoms with Gasteiger partial charge in [-0.25, -0.2) is 4.79 Å². The molecule has 0 radical (unpaired) electrons. The van der Waals surface area contributed by atoms with Crippen LogP contribution in [0.3, 0.4) is 0 Å². The topological polar surface area (TPSA) is 166 Å². The Kier molecular flexibility index (Phi) is 8.94. The van der Waals surface area contributed by atoms with Crippen LogP contribution < -0.4 is 5.32 Å². The van der Waals surface area contributed by atoms with E-state index in [9.17, 15) is 19.2 Å². The number of nitrogens with one attached hydrogen (secondary N) is 1. The second-order valence-electron chi connectivity index (χ2n) is 6.34. The Morgan fingerprint density at radius 2 is 1.93 bits per heavy atom. The van der Waals surface area contributed by atoms with Gasteiger partial charge in [-0.2, -0.15) is 0 Å². The number of esters is 3. The Balaban J connectivity index is 3.33. The summed E-state index contributed by atoms with van der Waals surface area (Å²) in [6.45, 7) is 4.98. The molecule has 1 N–H and O–H groups in total. The van der Waals surface area contributed by atoms with Crippen molar-refractivity contribution in [1.82, 2.24) is 5.32 Å². The number of rotatable bonds is 8. The standard InChI is InChI=1S/C17H24N4O8/c1-8(14(28-11(4)24)7-27-10(3)23)16-15(19-9(2)22)12(20-21-18)6-13(29-16)17(25)26-5/h6,8,12,14-16H,7H2,1-5H3,(H,19,22)/t8-,12+,14-,15-,16+/m1/s1. The minimum Gasteiger partial charge on any atom is -0.481 e. The first kappa shape index (κ1) is 23.8. The van der Waals surface area contributed by atoms with Gasteiger partial charge in [0.25, 0.3) is 0 Å². The summed E-state index contributed by atoms with van der Waals surface area (Å²) in [4.78, 5) is 49.1. The molecule has 0 aromatic carbocycles. The second-order valence-corrected chi connectivity index (χ2v) is 6.34. The Labute approximate surface area is 167 Å². The minimum atomic E-state index is -0.981. The molecule has 0 aromatic rings. The summed E-state index contributed by atoms with van der Waals surface area (Å²) in [5.74, 6) is -3.38. The van der Waals surface area contributed by atoms with Crippen LogP contribution in [0.2, 0.25) is 0 Å². The number of azide groups is 1. The Bertz CT molecular complexity index is 731. The maximum Gasteiger partial charge on any atom is 0.372 e. The van der Waals surface area contributed by atoms with E-state index in [2.05, 4.69) is 20.1 Å². The van der Waals surface area contributed by atoms with Crippen LogP contribution >= 0.6 is 0 Å². The average molecular weight is 412 g/mol. The quantitative estimate of drug-likeness (QED) is 0.200. The first-order chi connectivity index (χ1) is 13.6. The van der Waals surface area contributed by atoms with Crippen molar-refractivity contribution in [2.45, 2.75) is 52.0 Å². The number of ether oxygens (including phenoxy) is 4. The van der Waals surface area contributed by atoms with Gasteiger partial charge >= 0.3 is 17.9 Å². The zero-order valence-electron chi connectivity index (χ0n) is 16.8. The van der Waals surface area contributed by atoms with E-state index in [1.165, 1.54) is 26.8 Å². The van der Waals surface area contributed by atoms with E-state index in [1.54, 1.807) is 6.92 Å². The lowest BCUT2D eigenvalue weighted by Crippen LogP contribution is -2.57. The van der Waals surface area contributed by atoms with Crippen molar-refractivity contribution in [3.63, 3.8) is 0 Å². The SMILES string of the molecule is COC(=O)C1=C[C@H](N=[N+]=[N-])[C@@H](NC(C)=O)[C@H]([C@H](C)[C@@H](COC(C)=O)OC(C)=O)O1. The van der Waals surface area contributed by atoms with Gasteiger partial charge in [-0.05, 0) is 11.6 Å². The summed E-state index contributed by atoms with van der Waals surface area (Å²) in [7, 11) is 1.15. The van der Waals surface area contributed by atoms with E-state index >= 15 is 0 Å². The molecule has 12 nitrogen and oxygen atoms in total. The van der Waals surface area contributed by atoms with Gasteiger partial charge in [0, 0.05) is 31.6 Å². The fourth-order valence-electron chi connectivity index (χ4n) is 2.85. The van der Waals surface area contributed by atoms with Gasteiger partial charge in [-0.3, -0.25) is 14.4 Å². The lowest BCUT2D eigenvalue weighted by atomic mass is 9.87. The number of hydrogen-bond acceptors (Lipinski definition) is 9. The predicted molar refractivity (Wildman–Crippen MR) is 96.9 cm³/mol. The van der Waals surface area contributed by atoms with Crippen LogP contribution in [0.5, 0.6) is 0 Å². The first-order valence-corrected chi connectivity index (χ1v) is 8.69. The monoisotopic (exact) mass is 412 g/mol. The molecule has 0 saturated heterocycles. The molecule has 1 heterocycles. The molecule has 0 spiro atoms. The molecule has 1 rings (SSSR count). The minimum absolute atomic E-state index is 0.225.